The number of para-hydroxylation sites is 2. The van der Waals surface area contributed by atoms with Crippen molar-refractivity contribution in [2.45, 2.75) is 19.3 Å². The van der Waals surface area contributed by atoms with Gasteiger partial charge in [-0.2, -0.15) is 0 Å². The third-order valence-electron chi connectivity index (χ3n) is 8.71. The fourth-order valence-corrected chi connectivity index (χ4v) is 6.34. The highest BCUT2D eigenvalue weighted by Gasteiger charge is 2.40. The minimum atomic E-state index is -0.356. The molecule has 7 aromatic rings. The van der Waals surface area contributed by atoms with Gasteiger partial charge in [0, 0.05) is 39.7 Å². The van der Waals surface area contributed by atoms with E-state index < -0.39 is 0 Å². The van der Waals surface area contributed by atoms with E-state index >= 15 is 0 Å². The van der Waals surface area contributed by atoms with Crippen LogP contribution in [0.4, 0.5) is 17.1 Å². The summed E-state index contributed by atoms with van der Waals surface area (Å²) in [5.41, 5.74) is 12.2. The van der Waals surface area contributed by atoms with Gasteiger partial charge in [-0.15, -0.1) is 0 Å². The minimum Gasteiger partial charge on any atom is -0.309 e. The van der Waals surface area contributed by atoms with Crippen LogP contribution in [0.25, 0.3) is 45.2 Å². The number of hydrogen-bond donors (Lipinski definition) is 0. The van der Waals surface area contributed by atoms with E-state index in [1.165, 1.54) is 0 Å². The number of fused-ring (bicyclic) bond motifs is 3. The Bertz CT molecular complexity index is 2110. The van der Waals surface area contributed by atoms with Crippen LogP contribution in [-0.2, 0) is 5.41 Å². The van der Waals surface area contributed by atoms with Crippen molar-refractivity contribution in [3.8, 4) is 45.2 Å². The van der Waals surface area contributed by atoms with Crippen molar-refractivity contribution in [2.24, 2.45) is 0 Å². The second kappa shape index (κ2) is 11.2. The number of nitrogens with zero attached hydrogens (tertiary/aromatic N) is 5. The predicted octanol–water partition coefficient (Wildman–Crippen LogP) is 10.0. The van der Waals surface area contributed by atoms with Gasteiger partial charge in [0.05, 0.1) is 46.0 Å². The summed E-state index contributed by atoms with van der Waals surface area (Å²) in [6.45, 7) is 4.42. The Morgan fingerprint density at radius 3 is 1.54 bits per heavy atom. The summed E-state index contributed by atoms with van der Waals surface area (Å²) in [5.74, 6) is 0. The van der Waals surface area contributed by atoms with Gasteiger partial charge in [0.25, 0.3) is 0 Å². The Morgan fingerprint density at radius 1 is 0.478 bits per heavy atom. The van der Waals surface area contributed by atoms with Gasteiger partial charge in [-0.1, -0.05) is 97.1 Å². The normalized spacial score (nSPS) is 12.7. The number of aromatic nitrogens is 4. The van der Waals surface area contributed by atoms with E-state index in [1.807, 2.05) is 67.0 Å². The Labute approximate surface area is 269 Å². The van der Waals surface area contributed by atoms with E-state index in [0.717, 1.165) is 73.5 Å². The number of pyridine rings is 2. The molecule has 0 bridgehead atoms. The molecule has 0 saturated carbocycles. The van der Waals surface area contributed by atoms with E-state index in [1.54, 1.807) is 0 Å². The summed E-state index contributed by atoms with van der Waals surface area (Å²) in [6, 6.07) is 47.6. The highest BCUT2D eigenvalue weighted by molar-refractivity contribution is 5.85. The maximum Gasteiger partial charge on any atom is 0.0973 e. The monoisotopic (exact) mass is 593 g/mol. The second-order valence-electron chi connectivity index (χ2n) is 12.0. The molecule has 3 heterocycles. The largest absolute Gasteiger partial charge is 0.309 e. The summed E-state index contributed by atoms with van der Waals surface area (Å²) in [7, 11) is 0. The van der Waals surface area contributed by atoms with Crippen molar-refractivity contribution in [3.63, 3.8) is 0 Å². The summed E-state index contributed by atoms with van der Waals surface area (Å²) < 4.78 is 0. The molecule has 0 radical (unpaired) electrons. The van der Waals surface area contributed by atoms with Crippen LogP contribution in [-0.4, -0.2) is 19.9 Å². The third-order valence-corrected chi connectivity index (χ3v) is 8.71. The number of benzene rings is 4. The lowest BCUT2D eigenvalue weighted by Gasteiger charge is -2.25. The molecule has 0 fully saturated rings. The zero-order valence-corrected chi connectivity index (χ0v) is 25.7. The second-order valence-corrected chi connectivity index (χ2v) is 12.0. The summed E-state index contributed by atoms with van der Waals surface area (Å²) in [5, 5.41) is 0. The van der Waals surface area contributed by atoms with Crippen LogP contribution in [0, 0.1) is 0 Å². The van der Waals surface area contributed by atoms with Gasteiger partial charge in [0.15, 0.2) is 0 Å². The SMILES string of the molecule is CC1(C)c2cnc(-c3ccc(N(c4ccccc4)c4ccccc4)cn3)cc2-c2nc(-c3ccccc3)c(-c3ccccc3)nc21. The molecule has 220 valence electrons. The molecule has 0 amide bonds. The van der Waals surface area contributed by atoms with E-state index in [0.29, 0.717) is 0 Å². The lowest BCUT2D eigenvalue weighted by molar-refractivity contribution is 0.633. The Kier molecular flexibility index (Phi) is 6.72. The summed E-state index contributed by atoms with van der Waals surface area (Å²) in [4.78, 5) is 22.7. The van der Waals surface area contributed by atoms with E-state index in [-0.39, 0.29) is 5.41 Å². The molecule has 1 aliphatic rings. The van der Waals surface area contributed by atoms with Crippen LogP contribution in [0.3, 0.4) is 0 Å². The highest BCUT2D eigenvalue weighted by atomic mass is 15.1. The molecule has 5 nitrogen and oxygen atoms in total. The standard InChI is InChI=1S/C41H31N5/c1-41(2)34-27-43-36(35-24-23-32(26-42-35)46(30-19-11-5-12-20-30)31-21-13-6-14-22-31)25-33(34)39-40(41)45-38(29-17-9-4-10-18-29)37(44-39)28-15-7-3-8-16-28/h3-27H,1-2H3. The first-order chi connectivity index (χ1) is 22.6. The van der Waals surface area contributed by atoms with Crippen LogP contribution >= 0.6 is 0 Å². The van der Waals surface area contributed by atoms with Crippen molar-refractivity contribution in [3.05, 3.63) is 163 Å². The molecule has 0 saturated heterocycles. The fraction of sp³-hybridized carbons (Fsp3) is 0.0732. The van der Waals surface area contributed by atoms with Crippen LogP contribution in [0.2, 0.25) is 0 Å². The molecule has 0 N–H and O–H groups in total. The zero-order valence-electron chi connectivity index (χ0n) is 25.7. The molecule has 5 heteroatoms. The first-order valence-corrected chi connectivity index (χ1v) is 15.5. The van der Waals surface area contributed by atoms with Crippen LogP contribution < -0.4 is 4.90 Å². The Morgan fingerprint density at radius 2 is 1.00 bits per heavy atom. The molecule has 8 rings (SSSR count). The van der Waals surface area contributed by atoms with E-state index in [4.69, 9.17) is 19.9 Å². The minimum absolute atomic E-state index is 0.356. The van der Waals surface area contributed by atoms with Gasteiger partial charge < -0.3 is 4.90 Å². The quantitative estimate of drug-likeness (QED) is 0.192. The van der Waals surface area contributed by atoms with Crippen molar-refractivity contribution >= 4 is 17.1 Å². The van der Waals surface area contributed by atoms with Crippen LogP contribution in [0.5, 0.6) is 0 Å². The smallest absolute Gasteiger partial charge is 0.0973 e. The molecular weight excluding hydrogens is 562 g/mol. The van der Waals surface area contributed by atoms with Gasteiger partial charge in [-0.05, 0) is 61.9 Å². The highest BCUT2D eigenvalue weighted by Crippen LogP contribution is 2.49. The van der Waals surface area contributed by atoms with Gasteiger partial charge >= 0.3 is 0 Å². The number of anilines is 3. The van der Waals surface area contributed by atoms with E-state index in [2.05, 4.69) is 104 Å². The lowest BCUT2D eigenvalue weighted by atomic mass is 9.86. The van der Waals surface area contributed by atoms with Gasteiger partial charge in [-0.25, -0.2) is 9.97 Å². The molecule has 1 aliphatic carbocycles. The zero-order chi connectivity index (χ0) is 31.1. The van der Waals surface area contributed by atoms with E-state index in [9.17, 15) is 0 Å². The van der Waals surface area contributed by atoms with Crippen LogP contribution in [0.15, 0.2) is 152 Å². The molecule has 0 atom stereocenters. The fourth-order valence-electron chi connectivity index (χ4n) is 6.34. The Hall–Kier alpha value is -5.94. The van der Waals surface area contributed by atoms with Crippen molar-refractivity contribution in [1.82, 2.24) is 19.9 Å². The topological polar surface area (TPSA) is 54.8 Å². The first kappa shape index (κ1) is 27.6. The summed E-state index contributed by atoms with van der Waals surface area (Å²) in [6.07, 6.45) is 3.90. The average Bonchev–Trinajstić information content (AvgIpc) is 3.34. The van der Waals surface area contributed by atoms with Crippen molar-refractivity contribution < 1.29 is 0 Å². The first-order valence-electron chi connectivity index (χ1n) is 15.5. The number of rotatable bonds is 6. The molecule has 46 heavy (non-hydrogen) atoms. The molecule has 0 unspecified atom stereocenters. The maximum atomic E-state index is 5.36. The Balaban J connectivity index is 1.22. The molecule has 3 aromatic heterocycles. The average molecular weight is 594 g/mol. The van der Waals surface area contributed by atoms with Crippen LogP contribution in [0.1, 0.15) is 25.1 Å². The van der Waals surface area contributed by atoms with Gasteiger partial charge in [-0.3, -0.25) is 9.97 Å². The van der Waals surface area contributed by atoms with Crippen molar-refractivity contribution in [2.75, 3.05) is 4.90 Å². The van der Waals surface area contributed by atoms with Gasteiger partial charge in [0.2, 0.25) is 0 Å². The molecular formula is C41H31N5. The molecule has 4 aromatic carbocycles. The maximum absolute atomic E-state index is 5.36. The number of hydrogen-bond acceptors (Lipinski definition) is 5. The predicted molar refractivity (Wildman–Crippen MR) is 186 cm³/mol. The summed E-state index contributed by atoms with van der Waals surface area (Å²) >= 11 is 0. The van der Waals surface area contributed by atoms with Gasteiger partial charge in [0.1, 0.15) is 0 Å². The lowest BCUT2D eigenvalue weighted by Crippen LogP contribution is -2.18. The van der Waals surface area contributed by atoms with Crippen molar-refractivity contribution in [1.29, 1.82) is 0 Å². The molecule has 0 aliphatic heterocycles. The molecule has 0 spiro atoms. The third kappa shape index (κ3) is 4.74.